The molecule has 0 aliphatic carbocycles. The number of carbonyl (C=O) groups is 2. The van der Waals surface area contributed by atoms with Crippen LogP contribution >= 0.6 is 15.9 Å². The fourth-order valence-electron chi connectivity index (χ4n) is 3.60. The van der Waals surface area contributed by atoms with E-state index in [1.165, 1.54) is 11.0 Å². The highest BCUT2D eigenvalue weighted by Gasteiger charge is 2.30. The van der Waals surface area contributed by atoms with Gasteiger partial charge in [0.1, 0.15) is 12.6 Å². The normalized spacial score (nSPS) is 13.3. The van der Waals surface area contributed by atoms with Crippen molar-refractivity contribution in [3.05, 3.63) is 52.5 Å². The summed E-state index contributed by atoms with van der Waals surface area (Å²) >= 11 is 3.43. The molecule has 9 nitrogen and oxygen atoms in total. The Morgan fingerprint density at radius 2 is 1.89 bits per heavy atom. The van der Waals surface area contributed by atoms with Crippen LogP contribution in [0.25, 0.3) is 0 Å². The highest BCUT2D eigenvalue weighted by atomic mass is 79.9. The van der Waals surface area contributed by atoms with Gasteiger partial charge in [-0.2, -0.15) is 0 Å². The SMILES string of the molecule is CCCCNC(=O)[C@@H](C)N(Cc1cccc(Br)c1)C(=O)CN(c1ccc2c(c1)OCO2)S(C)(=O)=O. The Hall–Kier alpha value is -2.79. The number of anilines is 1. The molecule has 2 amide bonds. The molecule has 1 aliphatic rings. The van der Waals surface area contributed by atoms with Crippen LogP contribution < -0.4 is 19.1 Å². The van der Waals surface area contributed by atoms with E-state index in [0.717, 1.165) is 33.4 Å². The third-order valence-electron chi connectivity index (χ3n) is 5.56. The van der Waals surface area contributed by atoms with Crippen molar-refractivity contribution < 1.29 is 27.5 Å². The lowest BCUT2D eigenvalue weighted by Gasteiger charge is -2.31. The summed E-state index contributed by atoms with van der Waals surface area (Å²) in [6, 6.07) is 11.3. The molecule has 1 atom stereocenters. The van der Waals surface area contributed by atoms with E-state index >= 15 is 0 Å². The molecular formula is C24H30BrN3O6S. The van der Waals surface area contributed by atoms with E-state index in [4.69, 9.17) is 9.47 Å². The second-order valence-electron chi connectivity index (χ2n) is 8.28. The number of carbonyl (C=O) groups excluding carboxylic acids is 2. The van der Waals surface area contributed by atoms with Crippen molar-refractivity contribution in [2.75, 3.05) is 30.4 Å². The molecule has 0 fully saturated rings. The monoisotopic (exact) mass is 567 g/mol. The largest absolute Gasteiger partial charge is 0.454 e. The van der Waals surface area contributed by atoms with Crippen LogP contribution in [0.1, 0.15) is 32.3 Å². The molecule has 35 heavy (non-hydrogen) atoms. The number of ether oxygens (including phenoxy) is 2. The minimum atomic E-state index is -3.83. The summed E-state index contributed by atoms with van der Waals surface area (Å²) in [4.78, 5) is 27.8. The van der Waals surface area contributed by atoms with Gasteiger partial charge in [-0.3, -0.25) is 13.9 Å². The number of hydrogen-bond acceptors (Lipinski definition) is 6. The van der Waals surface area contributed by atoms with Gasteiger partial charge in [-0.15, -0.1) is 0 Å². The molecule has 1 aliphatic heterocycles. The first-order valence-corrected chi connectivity index (χ1v) is 13.9. The zero-order chi connectivity index (χ0) is 25.6. The van der Waals surface area contributed by atoms with E-state index in [1.807, 2.05) is 31.2 Å². The van der Waals surface area contributed by atoms with Crippen molar-refractivity contribution >= 4 is 43.5 Å². The van der Waals surface area contributed by atoms with Crippen molar-refractivity contribution in [1.82, 2.24) is 10.2 Å². The lowest BCUT2D eigenvalue weighted by molar-refractivity contribution is -0.139. The van der Waals surface area contributed by atoms with E-state index < -0.39 is 28.5 Å². The number of fused-ring (bicyclic) bond motifs is 1. The summed E-state index contributed by atoms with van der Waals surface area (Å²) in [5, 5.41) is 2.85. The number of benzene rings is 2. The van der Waals surface area contributed by atoms with Crippen molar-refractivity contribution in [2.45, 2.75) is 39.3 Å². The van der Waals surface area contributed by atoms with Gasteiger partial charge < -0.3 is 19.7 Å². The number of nitrogens with one attached hydrogen (secondary N) is 1. The number of halogens is 1. The topological polar surface area (TPSA) is 105 Å². The summed E-state index contributed by atoms with van der Waals surface area (Å²) < 4.78 is 37.8. The van der Waals surface area contributed by atoms with E-state index in [9.17, 15) is 18.0 Å². The maximum absolute atomic E-state index is 13.5. The van der Waals surface area contributed by atoms with Gasteiger partial charge in [0.2, 0.25) is 28.6 Å². The molecule has 0 spiro atoms. The first-order chi connectivity index (χ1) is 16.6. The average molecular weight is 568 g/mol. The predicted octanol–water partition coefficient (Wildman–Crippen LogP) is 3.28. The molecule has 0 saturated heterocycles. The zero-order valence-corrected chi connectivity index (χ0v) is 22.4. The Bertz CT molecular complexity index is 1170. The Balaban J connectivity index is 1.88. The van der Waals surface area contributed by atoms with Gasteiger partial charge in [0.25, 0.3) is 0 Å². The summed E-state index contributed by atoms with van der Waals surface area (Å²) in [6.07, 6.45) is 2.78. The van der Waals surface area contributed by atoms with Gasteiger partial charge >= 0.3 is 0 Å². The molecule has 0 saturated carbocycles. The van der Waals surface area contributed by atoms with Crippen LogP contribution in [0, 0.1) is 0 Å². The molecule has 0 radical (unpaired) electrons. The molecule has 1 heterocycles. The van der Waals surface area contributed by atoms with E-state index in [0.29, 0.717) is 18.0 Å². The van der Waals surface area contributed by atoms with Crippen LogP contribution in [-0.4, -0.2) is 57.3 Å². The lowest BCUT2D eigenvalue weighted by Crippen LogP contribution is -2.51. The van der Waals surface area contributed by atoms with Crippen molar-refractivity contribution in [3.8, 4) is 11.5 Å². The molecule has 0 bridgehead atoms. The van der Waals surface area contributed by atoms with Crippen LogP contribution in [-0.2, 0) is 26.2 Å². The molecule has 190 valence electrons. The lowest BCUT2D eigenvalue weighted by atomic mass is 10.1. The molecule has 0 unspecified atom stereocenters. The van der Waals surface area contributed by atoms with Crippen molar-refractivity contribution in [1.29, 1.82) is 0 Å². The van der Waals surface area contributed by atoms with Gasteiger partial charge in [0.15, 0.2) is 11.5 Å². The summed E-state index contributed by atoms with van der Waals surface area (Å²) in [6.45, 7) is 3.88. The summed E-state index contributed by atoms with van der Waals surface area (Å²) in [5.74, 6) is 0.0995. The second-order valence-corrected chi connectivity index (χ2v) is 11.1. The molecule has 3 rings (SSSR count). The molecule has 11 heteroatoms. The molecule has 2 aromatic rings. The Morgan fingerprint density at radius 3 is 2.57 bits per heavy atom. The number of unbranched alkanes of at least 4 members (excludes halogenated alkanes) is 1. The first kappa shape index (κ1) is 26.8. The van der Waals surface area contributed by atoms with Crippen LogP contribution in [0.2, 0.25) is 0 Å². The van der Waals surface area contributed by atoms with E-state index in [2.05, 4.69) is 21.2 Å². The Morgan fingerprint density at radius 1 is 1.14 bits per heavy atom. The third-order valence-corrected chi connectivity index (χ3v) is 7.20. The predicted molar refractivity (Wildman–Crippen MR) is 137 cm³/mol. The van der Waals surface area contributed by atoms with E-state index in [-0.39, 0.29) is 24.9 Å². The quantitative estimate of drug-likeness (QED) is 0.418. The highest BCUT2D eigenvalue weighted by molar-refractivity contribution is 9.10. The van der Waals surface area contributed by atoms with Gasteiger partial charge in [-0.05, 0) is 43.2 Å². The third kappa shape index (κ3) is 7.11. The fourth-order valence-corrected chi connectivity index (χ4v) is 4.89. The number of nitrogens with zero attached hydrogens (tertiary/aromatic N) is 2. The maximum atomic E-state index is 13.5. The summed E-state index contributed by atoms with van der Waals surface area (Å²) in [7, 11) is -3.83. The highest BCUT2D eigenvalue weighted by Crippen LogP contribution is 2.36. The number of rotatable bonds is 11. The fraction of sp³-hybridized carbons (Fsp3) is 0.417. The number of hydrogen-bond donors (Lipinski definition) is 1. The van der Waals surface area contributed by atoms with Gasteiger partial charge in [-0.25, -0.2) is 8.42 Å². The Labute approximate surface area is 214 Å². The van der Waals surface area contributed by atoms with Crippen LogP contribution in [0.15, 0.2) is 46.9 Å². The minimum absolute atomic E-state index is 0.0433. The first-order valence-electron chi connectivity index (χ1n) is 11.3. The molecular weight excluding hydrogens is 538 g/mol. The van der Waals surface area contributed by atoms with E-state index in [1.54, 1.807) is 19.1 Å². The van der Waals surface area contributed by atoms with Gasteiger partial charge in [0, 0.05) is 23.6 Å². The zero-order valence-electron chi connectivity index (χ0n) is 20.0. The average Bonchev–Trinajstić information content (AvgIpc) is 3.27. The van der Waals surface area contributed by atoms with Crippen LogP contribution in [0.4, 0.5) is 5.69 Å². The smallest absolute Gasteiger partial charge is 0.244 e. The van der Waals surface area contributed by atoms with Crippen molar-refractivity contribution in [3.63, 3.8) is 0 Å². The molecule has 1 N–H and O–H groups in total. The summed E-state index contributed by atoms with van der Waals surface area (Å²) in [5.41, 5.74) is 1.07. The second kappa shape index (κ2) is 11.8. The molecule has 2 aromatic carbocycles. The van der Waals surface area contributed by atoms with Crippen molar-refractivity contribution in [2.24, 2.45) is 0 Å². The standard InChI is InChI=1S/C24H30BrN3O6S/c1-4-5-11-26-24(30)17(2)27(14-18-7-6-8-19(25)12-18)23(29)15-28(35(3,31)32)20-9-10-21-22(13-20)34-16-33-21/h6-10,12-13,17H,4-5,11,14-16H2,1-3H3,(H,26,30)/t17-/m1/s1. The number of amides is 2. The maximum Gasteiger partial charge on any atom is 0.244 e. The van der Waals surface area contributed by atoms with Gasteiger partial charge in [-0.1, -0.05) is 41.4 Å². The minimum Gasteiger partial charge on any atom is -0.454 e. The van der Waals surface area contributed by atoms with Crippen LogP contribution in [0.3, 0.4) is 0 Å². The Kier molecular flexibility index (Phi) is 9.01. The molecule has 0 aromatic heterocycles. The number of sulfonamides is 1. The van der Waals surface area contributed by atoms with Crippen LogP contribution in [0.5, 0.6) is 11.5 Å². The van der Waals surface area contributed by atoms with Gasteiger partial charge in [0.05, 0.1) is 11.9 Å².